The van der Waals surface area contributed by atoms with Crippen LogP contribution in [0.25, 0.3) is 0 Å². The van der Waals surface area contributed by atoms with Gasteiger partial charge in [0.25, 0.3) is 0 Å². The summed E-state index contributed by atoms with van der Waals surface area (Å²) in [5, 5.41) is 10.2. The second-order valence-corrected chi connectivity index (χ2v) is 6.35. The summed E-state index contributed by atoms with van der Waals surface area (Å²) >= 11 is 1.66. The summed E-state index contributed by atoms with van der Waals surface area (Å²) in [7, 11) is 0. The fourth-order valence-electron chi connectivity index (χ4n) is 2.39. The van der Waals surface area contributed by atoms with Gasteiger partial charge in [0.1, 0.15) is 12.2 Å². The number of hydrogen-bond acceptors (Lipinski definition) is 5. The zero-order valence-electron chi connectivity index (χ0n) is 11.0. The maximum absolute atomic E-state index is 10.2. The highest BCUT2D eigenvalue weighted by Crippen LogP contribution is 2.38. The fourth-order valence-corrected chi connectivity index (χ4v) is 3.37. The van der Waals surface area contributed by atoms with Crippen molar-refractivity contribution in [3.05, 3.63) is 30.3 Å². The number of aliphatic hydroxyl groups excluding tert-OH is 1. The van der Waals surface area contributed by atoms with Crippen LogP contribution in [0.1, 0.15) is 13.8 Å². The van der Waals surface area contributed by atoms with Crippen molar-refractivity contribution in [2.75, 3.05) is 5.75 Å². The first-order valence-corrected chi connectivity index (χ1v) is 7.41. The predicted molar refractivity (Wildman–Crippen MR) is 71.9 cm³/mol. The molecular weight excluding hydrogens is 264 g/mol. The molecule has 0 aliphatic carbocycles. The third-order valence-electron chi connectivity index (χ3n) is 3.27. The molecule has 3 rings (SSSR count). The van der Waals surface area contributed by atoms with Gasteiger partial charge in [-0.1, -0.05) is 18.2 Å². The topological polar surface area (TPSA) is 47.9 Å². The minimum atomic E-state index is -0.673. The molecule has 2 aliphatic heterocycles. The molecule has 1 aromatic rings. The SMILES string of the molecule is CC1(C)O[C@H]2O[C@H](CSc3ccccc3)[C@H](O)[C@@H]2O1. The van der Waals surface area contributed by atoms with E-state index in [1.807, 2.05) is 44.2 Å². The second kappa shape index (κ2) is 5.07. The first-order valence-electron chi connectivity index (χ1n) is 6.42. The predicted octanol–water partition coefficient (Wildman–Crippen LogP) is 2.02. The molecule has 0 spiro atoms. The maximum atomic E-state index is 10.2. The lowest BCUT2D eigenvalue weighted by atomic mass is 10.1. The molecule has 0 unspecified atom stereocenters. The minimum absolute atomic E-state index is 0.253. The highest BCUT2D eigenvalue weighted by Gasteiger charge is 2.54. The quantitative estimate of drug-likeness (QED) is 0.859. The molecule has 2 heterocycles. The lowest BCUT2D eigenvalue weighted by molar-refractivity contribution is -0.211. The second-order valence-electron chi connectivity index (χ2n) is 5.26. The van der Waals surface area contributed by atoms with Gasteiger partial charge in [0.2, 0.25) is 0 Å². The van der Waals surface area contributed by atoms with E-state index in [0.717, 1.165) is 4.90 Å². The smallest absolute Gasteiger partial charge is 0.190 e. The Bertz CT molecular complexity index is 436. The van der Waals surface area contributed by atoms with Gasteiger partial charge in [0, 0.05) is 10.6 Å². The van der Waals surface area contributed by atoms with Gasteiger partial charge in [-0.15, -0.1) is 11.8 Å². The Kier molecular flexibility index (Phi) is 3.57. The van der Waals surface area contributed by atoms with Crippen molar-refractivity contribution in [3.8, 4) is 0 Å². The lowest BCUT2D eigenvalue weighted by Gasteiger charge is -2.22. The molecule has 1 N–H and O–H groups in total. The highest BCUT2D eigenvalue weighted by atomic mass is 32.2. The van der Waals surface area contributed by atoms with Gasteiger partial charge < -0.3 is 19.3 Å². The van der Waals surface area contributed by atoms with Crippen molar-refractivity contribution in [2.24, 2.45) is 0 Å². The van der Waals surface area contributed by atoms with E-state index in [9.17, 15) is 5.11 Å². The van der Waals surface area contributed by atoms with Crippen LogP contribution in [0.2, 0.25) is 0 Å². The molecular formula is C14H18O4S. The van der Waals surface area contributed by atoms with E-state index >= 15 is 0 Å². The Balaban J connectivity index is 1.57. The van der Waals surface area contributed by atoms with Gasteiger partial charge in [-0.05, 0) is 26.0 Å². The van der Waals surface area contributed by atoms with Gasteiger partial charge in [-0.2, -0.15) is 0 Å². The molecule has 5 heteroatoms. The summed E-state index contributed by atoms with van der Waals surface area (Å²) in [5.74, 6) is 0.0131. The fraction of sp³-hybridized carbons (Fsp3) is 0.571. The molecule has 104 valence electrons. The molecule has 2 fully saturated rings. The normalized spacial score (nSPS) is 36.4. The molecule has 2 aliphatic rings. The molecule has 0 aromatic heterocycles. The molecule has 0 radical (unpaired) electrons. The van der Waals surface area contributed by atoms with Crippen LogP contribution in [-0.2, 0) is 14.2 Å². The summed E-state index contributed by atoms with van der Waals surface area (Å²) < 4.78 is 17.0. The minimum Gasteiger partial charge on any atom is -0.387 e. The molecule has 4 nitrogen and oxygen atoms in total. The zero-order valence-corrected chi connectivity index (χ0v) is 11.8. The molecule has 0 amide bonds. The maximum Gasteiger partial charge on any atom is 0.190 e. The Labute approximate surface area is 117 Å². The van der Waals surface area contributed by atoms with E-state index < -0.39 is 18.2 Å². The third-order valence-corrected chi connectivity index (χ3v) is 4.37. The largest absolute Gasteiger partial charge is 0.387 e. The van der Waals surface area contributed by atoms with Gasteiger partial charge >= 0.3 is 0 Å². The summed E-state index contributed by atoms with van der Waals surface area (Å²) in [5.41, 5.74) is 0. The first-order chi connectivity index (χ1) is 9.05. The van der Waals surface area contributed by atoms with Crippen molar-refractivity contribution in [2.45, 2.75) is 49.1 Å². The Morgan fingerprint density at radius 3 is 2.63 bits per heavy atom. The van der Waals surface area contributed by atoms with Gasteiger partial charge in [-0.25, -0.2) is 0 Å². The Morgan fingerprint density at radius 2 is 1.95 bits per heavy atom. The van der Waals surface area contributed by atoms with E-state index in [1.54, 1.807) is 11.8 Å². The Morgan fingerprint density at radius 1 is 1.21 bits per heavy atom. The molecule has 0 bridgehead atoms. The third kappa shape index (κ3) is 2.80. The number of thioether (sulfide) groups is 1. The van der Waals surface area contributed by atoms with Crippen LogP contribution in [0.3, 0.4) is 0 Å². The number of hydrogen-bond donors (Lipinski definition) is 1. The summed E-state index contributed by atoms with van der Waals surface area (Å²) in [6.45, 7) is 3.66. The van der Waals surface area contributed by atoms with Crippen molar-refractivity contribution in [1.29, 1.82) is 0 Å². The average Bonchev–Trinajstić information content (AvgIpc) is 2.83. The van der Waals surface area contributed by atoms with Gasteiger partial charge in [-0.3, -0.25) is 0 Å². The van der Waals surface area contributed by atoms with E-state index in [2.05, 4.69) is 0 Å². The van der Waals surface area contributed by atoms with Crippen LogP contribution >= 0.6 is 11.8 Å². The van der Waals surface area contributed by atoms with E-state index in [-0.39, 0.29) is 12.2 Å². The van der Waals surface area contributed by atoms with Crippen molar-refractivity contribution >= 4 is 11.8 Å². The number of fused-ring (bicyclic) bond motifs is 1. The summed E-state index contributed by atoms with van der Waals surface area (Å²) in [6, 6.07) is 10.1. The number of aliphatic hydroxyl groups is 1. The highest BCUT2D eigenvalue weighted by molar-refractivity contribution is 7.99. The zero-order chi connectivity index (χ0) is 13.5. The van der Waals surface area contributed by atoms with Crippen LogP contribution in [0.5, 0.6) is 0 Å². The van der Waals surface area contributed by atoms with Crippen LogP contribution in [0.15, 0.2) is 35.2 Å². The lowest BCUT2D eigenvalue weighted by Crippen LogP contribution is -2.35. The number of rotatable bonds is 3. The Hall–Kier alpha value is -0.590. The molecule has 1 aromatic carbocycles. The van der Waals surface area contributed by atoms with E-state index in [1.165, 1.54) is 0 Å². The van der Waals surface area contributed by atoms with E-state index in [0.29, 0.717) is 5.75 Å². The van der Waals surface area contributed by atoms with Gasteiger partial charge in [0.05, 0.1) is 6.10 Å². The van der Waals surface area contributed by atoms with Crippen molar-refractivity contribution < 1.29 is 19.3 Å². The van der Waals surface area contributed by atoms with Gasteiger partial charge in [0.15, 0.2) is 12.1 Å². The molecule has 4 atom stereocenters. The molecule has 19 heavy (non-hydrogen) atoms. The van der Waals surface area contributed by atoms with Crippen LogP contribution in [-0.4, -0.2) is 41.2 Å². The molecule has 0 saturated carbocycles. The standard InChI is InChI=1S/C14H18O4S/c1-14(2)17-12-11(15)10(16-13(12)18-14)8-19-9-6-4-3-5-7-9/h3-7,10-13,15H,8H2,1-2H3/t10-,11+,12+,13-/m1/s1. The number of benzene rings is 1. The molecule has 2 saturated heterocycles. The van der Waals surface area contributed by atoms with E-state index in [4.69, 9.17) is 14.2 Å². The van der Waals surface area contributed by atoms with Crippen molar-refractivity contribution in [3.63, 3.8) is 0 Å². The van der Waals surface area contributed by atoms with Crippen LogP contribution in [0.4, 0.5) is 0 Å². The monoisotopic (exact) mass is 282 g/mol. The average molecular weight is 282 g/mol. The summed E-state index contributed by atoms with van der Waals surface area (Å²) in [4.78, 5) is 1.16. The number of ether oxygens (including phenoxy) is 3. The van der Waals surface area contributed by atoms with Crippen molar-refractivity contribution in [1.82, 2.24) is 0 Å². The summed E-state index contributed by atoms with van der Waals surface area (Å²) in [6.07, 6.45) is -1.72. The van der Waals surface area contributed by atoms with Crippen LogP contribution in [0, 0.1) is 0 Å². The first kappa shape index (κ1) is 13.4. The van der Waals surface area contributed by atoms with Crippen LogP contribution < -0.4 is 0 Å².